The number of benzene rings is 1. The largest absolute Gasteiger partial charge is 0.495 e. The number of carbonyl (C=O) groups is 1. The maximum atomic E-state index is 13.6. The summed E-state index contributed by atoms with van der Waals surface area (Å²) in [5, 5.41) is 2.83. The van der Waals surface area contributed by atoms with Crippen LogP contribution in [0.2, 0.25) is 0 Å². The highest BCUT2D eigenvalue weighted by molar-refractivity contribution is 5.75. The van der Waals surface area contributed by atoms with Crippen LogP contribution in [0, 0.1) is 5.82 Å². The van der Waals surface area contributed by atoms with E-state index in [0.717, 1.165) is 6.07 Å². The van der Waals surface area contributed by atoms with Gasteiger partial charge in [0.1, 0.15) is 11.6 Å². The Hall–Kier alpha value is -1.98. The number of hydrogen-bond donors (Lipinski definition) is 3. The van der Waals surface area contributed by atoms with Crippen LogP contribution in [0.5, 0.6) is 5.75 Å². The number of amides is 1. The number of ether oxygens (including phenoxy) is 1. The van der Waals surface area contributed by atoms with Crippen LogP contribution < -0.4 is 21.5 Å². The lowest BCUT2D eigenvalue weighted by Gasteiger charge is -2.15. The van der Waals surface area contributed by atoms with E-state index in [0.29, 0.717) is 5.75 Å². The zero-order chi connectivity index (χ0) is 13.0. The number of halogens is 1. The Morgan fingerprint density at radius 3 is 2.76 bits per heavy atom. The summed E-state index contributed by atoms with van der Waals surface area (Å²) >= 11 is 0. The van der Waals surface area contributed by atoms with Crippen LogP contribution in [0.1, 0.15) is 13.3 Å². The van der Waals surface area contributed by atoms with Gasteiger partial charge < -0.3 is 21.5 Å². The number of nitrogens with one attached hydrogen (secondary N) is 1. The molecule has 94 valence electrons. The highest BCUT2D eigenvalue weighted by Crippen LogP contribution is 2.28. The van der Waals surface area contributed by atoms with E-state index < -0.39 is 11.7 Å². The standard InChI is InChI=1S/C11H16FN3O2/c1-6(3-11(14)16)15-9-5-10(17-2)8(13)4-7(9)12/h4-6,15H,3,13H2,1-2H3,(H2,14,16). The van der Waals surface area contributed by atoms with Crippen LogP contribution in [0.4, 0.5) is 15.8 Å². The normalized spacial score (nSPS) is 11.9. The minimum atomic E-state index is -0.500. The molecule has 1 aromatic rings. The Balaban J connectivity index is 2.87. The average molecular weight is 241 g/mol. The molecule has 0 radical (unpaired) electrons. The lowest BCUT2D eigenvalue weighted by molar-refractivity contribution is -0.118. The van der Waals surface area contributed by atoms with Gasteiger partial charge in [-0.2, -0.15) is 0 Å². The third-order valence-corrected chi connectivity index (χ3v) is 2.23. The molecule has 1 aromatic carbocycles. The van der Waals surface area contributed by atoms with E-state index in [1.54, 1.807) is 6.92 Å². The Morgan fingerprint density at radius 1 is 1.59 bits per heavy atom. The fraction of sp³-hybridized carbons (Fsp3) is 0.364. The van der Waals surface area contributed by atoms with E-state index in [1.807, 2.05) is 0 Å². The van der Waals surface area contributed by atoms with Crippen LogP contribution in [0.15, 0.2) is 12.1 Å². The first-order valence-corrected chi connectivity index (χ1v) is 5.12. The maximum Gasteiger partial charge on any atom is 0.219 e. The van der Waals surface area contributed by atoms with E-state index in [-0.39, 0.29) is 23.8 Å². The minimum absolute atomic E-state index is 0.117. The van der Waals surface area contributed by atoms with Crippen molar-refractivity contribution in [3.63, 3.8) is 0 Å². The first kappa shape index (κ1) is 13.1. The van der Waals surface area contributed by atoms with Crippen molar-refractivity contribution in [2.75, 3.05) is 18.2 Å². The van der Waals surface area contributed by atoms with Gasteiger partial charge in [-0.15, -0.1) is 0 Å². The Morgan fingerprint density at radius 2 is 2.24 bits per heavy atom. The SMILES string of the molecule is COc1cc(NC(C)CC(N)=O)c(F)cc1N. The van der Waals surface area contributed by atoms with E-state index in [4.69, 9.17) is 16.2 Å². The quantitative estimate of drug-likeness (QED) is 0.673. The van der Waals surface area contributed by atoms with Gasteiger partial charge >= 0.3 is 0 Å². The highest BCUT2D eigenvalue weighted by atomic mass is 19.1. The molecule has 0 aliphatic rings. The summed E-state index contributed by atoms with van der Waals surface area (Å²) in [4.78, 5) is 10.7. The minimum Gasteiger partial charge on any atom is -0.495 e. The molecule has 0 aliphatic heterocycles. The molecule has 0 fully saturated rings. The number of nitrogens with two attached hydrogens (primary N) is 2. The second kappa shape index (κ2) is 5.38. The van der Waals surface area contributed by atoms with Gasteiger partial charge in [-0.3, -0.25) is 4.79 Å². The van der Waals surface area contributed by atoms with Crippen LogP contribution in [0.25, 0.3) is 0 Å². The molecule has 1 rings (SSSR count). The summed E-state index contributed by atoms with van der Waals surface area (Å²) < 4.78 is 18.5. The van der Waals surface area contributed by atoms with Gasteiger partial charge in [-0.25, -0.2) is 4.39 Å². The summed E-state index contributed by atoms with van der Waals surface area (Å²) in [5.41, 5.74) is 11.0. The Bertz CT molecular complexity index is 423. The molecule has 0 bridgehead atoms. The number of methoxy groups -OCH3 is 1. The molecule has 5 N–H and O–H groups in total. The predicted octanol–water partition coefficient (Wildman–Crippen LogP) is 1.09. The second-order valence-corrected chi connectivity index (χ2v) is 3.79. The zero-order valence-electron chi connectivity index (χ0n) is 9.79. The number of hydrogen-bond acceptors (Lipinski definition) is 4. The van der Waals surface area contributed by atoms with Crippen molar-refractivity contribution in [2.24, 2.45) is 5.73 Å². The fourth-order valence-electron chi connectivity index (χ4n) is 1.47. The second-order valence-electron chi connectivity index (χ2n) is 3.79. The maximum absolute atomic E-state index is 13.6. The molecule has 0 saturated heterocycles. The average Bonchev–Trinajstić information content (AvgIpc) is 2.20. The summed E-state index contributed by atoms with van der Waals surface area (Å²) in [6, 6.07) is 2.34. The number of primary amides is 1. The van der Waals surface area contributed by atoms with Gasteiger partial charge in [0.15, 0.2) is 0 Å². The Labute approximate surface area is 98.9 Å². The van der Waals surface area contributed by atoms with E-state index in [2.05, 4.69) is 5.32 Å². The van der Waals surface area contributed by atoms with Crippen molar-refractivity contribution in [3.8, 4) is 5.75 Å². The van der Waals surface area contributed by atoms with Crippen LogP contribution in [-0.4, -0.2) is 19.1 Å². The van der Waals surface area contributed by atoms with E-state index in [9.17, 15) is 9.18 Å². The fourth-order valence-corrected chi connectivity index (χ4v) is 1.47. The molecular weight excluding hydrogens is 225 g/mol. The number of rotatable bonds is 5. The molecule has 5 nitrogen and oxygen atoms in total. The molecule has 0 heterocycles. The van der Waals surface area contributed by atoms with Crippen LogP contribution in [-0.2, 0) is 4.79 Å². The van der Waals surface area contributed by atoms with Crippen molar-refractivity contribution >= 4 is 17.3 Å². The van der Waals surface area contributed by atoms with Crippen molar-refractivity contribution in [1.29, 1.82) is 0 Å². The van der Waals surface area contributed by atoms with Crippen molar-refractivity contribution < 1.29 is 13.9 Å². The molecule has 17 heavy (non-hydrogen) atoms. The first-order chi connectivity index (χ1) is 7.93. The molecule has 0 saturated carbocycles. The van der Waals surface area contributed by atoms with Gasteiger partial charge in [-0.05, 0) is 6.92 Å². The van der Waals surface area contributed by atoms with E-state index in [1.165, 1.54) is 13.2 Å². The van der Waals surface area contributed by atoms with Crippen molar-refractivity contribution in [1.82, 2.24) is 0 Å². The molecule has 6 heteroatoms. The smallest absolute Gasteiger partial charge is 0.219 e. The summed E-state index contributed by atoms with van der Waals surface area (Å²) in [6.07, 6.45) is 0.117. The third-order valence-electron chi connectivity index (χ3n) is 2.23. The Kier molecular flexibility index (Phi) is 4.14. The molecule has 0 spiro atoms. The van der Waals surface area contributed by atoms with Gasteiger partial charge in [-0.1, -0.05) is 0 Å². The zero-order valence-corrected chi connectivity index (χ0v) is 9.79. The van der Waals surface area contributed by atoms with Gasteiger partial charge in [0.2, 0.25) is 5.91 Å². The summed E-state index contributed by atoms with van der Waals surface area (Å²) in [7, 11) is 1.44. The van der Waals surface area contributed by atoms with Crippen LogP contribution in [0.3, 0.4) is 0 Å². The highest BCUT2D eigenvalue weighted by Gasteiger charge is 2.12. The topological polar surface area (TPSA) is 90.4 Å². The molecule has 0 aromatic heterocycles. The summed E-state index contributed by atoms with van der Waals surface area (Å²) in [6.45, 7) is 1.73. The molecule has 1 amide bonds. The van der Waals surface area contributed by atoms with Crippen molar-refractivity contribution in [3.05, 3.63) is 17.9 Å². The summed E-state index contributed by atoms with van der Waals surface area (Å²) in [5.74, 6) is -0.576. The van der Waals surface area contributed by atoms with Gasteiger partial charge in [0, 0.05) is 24.6 Å². The van der Waals surface area contributed by atoms with Crippen LogP contribution >= 0.6 is 0 Å². The lowest BCUT2D eigenvalue weighted by atomic mass is 10.2. The van der Waals surface area contributed by atoms with Gasteiger partial charge in [0.25, 0.3) is 0 Å². The first-order valence-electron chi connectivity index (χ1n) is 5.12. The number of nitrogen functional groups attached to an aromatic ring is 1. The molecule has 1 atom stereocenters. The third kappa shape index (κ3) is 3.51. The predicted molar refractivity (Wildman–Crippen MR) is 64.3 cm³/mol. The van der Waals surface area contributed by atoms with Crippen molar-refractivity contribution in [2.45, 2.75) is 19.4 Å². The molecule has 1 unspecified atom stereocenters. The molecular formula is C11H16FN3O2. The number of carbonyl (C=O) groups excluding carboxylic acids is 1. The monoisotopic (exact) mass is 241 g/mol. The van der Waals surface area contributed by atoms with Gasteiger partial charge in [0.05, 0.1) is 18.5 Å². The lowest BCUT2D eigenvalue weighted by Crippen LogP contribution is -2.24. The number of anilines is 2. The van der Waals surface area contributed by atoms with E-state index >= 15 is 0 Å². The molecule has 0 aliphatic carbocycles.